The minimum Gasteiger partial charge on any atom is -0.315 e. The van der Waals surface area contributed by atoms with Crippen molar-refractivity contribution in [3.05, 3.63) is 35.4 Å². The lowest BCUT2D eigenvalue weighted by Crippen LogP contribution is -2.54. The number of piperidine rings is 1. The molecule has 2 aliphatic heterocycles. The molecule has 2 heterocycles. The fraction of sp³-hybridized carbons (Fsp3) is 0.471. The van der Waals surface area contributed by atoms with E-state index >= 15 is 0 Å². The largest absolute Gasteiger partial charge is 0.315 e. The fourth-order valence-corrected chi connectivity index (χ4v) is 3.50. The van der Waals surface area contributed by atoms with E-state index in [2.05, 4.69) is 5.32 Å². The van der Waals surface area contributed by atoms with Crippen LogP contribution in [-0.2, 0) is 4.79 Å². The minimum absolute atomic E-state index is 0.0241. The Morgan fingerprint density at radius 3 is 2.18 bits per heavy atom. The van der Waals surface area contributed by atoms with Gasteiger partial charge >= 0.3 is 0 Å². The molecule has 2 unspecified atom stereocenters. The Hall–Kier alpha value is -2.01. The molecule has 3 rings (SSSR count). The van der Waals surface area contributed by atoms with Gasteiger partial charge in [0.05, 0.1) is 23.1 Å². The van der Waals surface area contributed by atoms with Gasteiger partial charge in [-0.25, -0.2) is 0 Å². The van der Waals surface area contributed by atoms with E-state index in [0.29, 0.717) is 30.6 Å². The number of carbonyl (C=O) groups excluding carboxylic acids is 3. The minimum atomic E-state index is -0.396. The summed E-state index contributed by atoms with van der Waals surface area (Å²) in [6.07, 6.45) is 0.455. The predicted molar refractivity (Wildman–Crippen MR) is 81.6 cm³/mol. The van der Waals surface area contributed by atoms with Gasteiger partial charge in [0.2, 0.25) is 0 Å². The van der Waals surface area contributed by atoms with Crippen molar-refractivity contribution in [2.75, 3.05) is 13.1 Å². The molecule has 1 N–H and O–H groups in total. The van der Waals surface area contributed by atoms with Crippen molar-refractivity contribution in [2.24, 2.45) is 11.8 Å². The summed E-state index contributed by atoms with van der Waals surface area (Å²) in [6.45, 7) is 5.10. The number of Topliss-reactive ketones (excluding diaryl/α,β-unsaturated/α-hetero) is 1. The highest BCUT2D eigenvalue weighted by Crippen LogP contribution is 2.31. The summed E-state index contributed by atoms with van der Waals surface area (Å²) < 4.78 is 0. The van der Waals surface area contributed by atoms with E-state index in [-0.39, 0.29) is 29.4 Å². The highest BCUT2D eigenvalue weighted by Gasteiger charge is 2.45. The number of imide groups is 1. The lowest BCUT2D eigenvalue weighted by molar-refractivity contribution is -0.126. The van der Waals surface area contributed by atoms with Crippen LogP contribution in [0.1, 0.15) is 41.0 Å². The molecule has 0 aromatic heterocycles. The van der Waals surface area contributed by atoms with E-state index in [1.54, 1.807) is 24.3 Å². The third kappa shape index (κ3) is 2.25. The second-order valence-electron chi connectivity index (χ2n) is 6.29. The highest BCUT2D eigenvalue weighted by molar-refractivity contribution is 6.21. The molecule has 5 heteroatoms. The number of hydrogen-bond donors (Lipinski definition) is 1. The smallest absolute Gasteiger partial charge is 0.261 e. The Morgan fingerprint density at radius 2 is 1.68 bits per heavy atom. The number of amides is 2. The molecular formula is C17H20N2O3. The Kier molecular flexibility index (Phi) is 3.83. The van der Waals surface area contributed by atoms with Gasteiger partial charge in [-0.1, -0.05) is 26.0 Å². The lowest BCUT2D eigenvalue weighted by atomic mass is 9.83. The maximum atomic E-state index is 12.7. The maximum Gasteiger partial charge on any atom is 0.261 e. The summed E-state index contributed by atoms with van der Waals surface area (Å²) in [6, 6.07) is 6.46. The second-order valence-corrected chi connectivity index (χ2v) is 6.29. The van der Waals surface area contributed by atoms with Gasteiger partial charge in [0.25, 0.3) is 11.8 Å². The van der Waals surface area contributed by atoms with Crippen molar-refractivity contribution in [1.29, 1.82) is 0 Å². The molecule has 0 spiro atoms. The van der Waals surface area contributed by atoms with Gasteiger partial charge in [0.15, 0.2) is 0 Å². The van der Waals surface area contributed by atoms with Crippen LogP contribution < -0.4 is 5.32 Å². The van der Waals surface area contributed by atoms with Crippen molar-refractivity contribution in [3.8, 4) is 0 Å². The quantitative estimate of drug-likeness (QED) is 0.859. The summed E-state index contributed by atoms with van der Waals surface area (Å²) >= 11 is 0. The Bertz CT molecular complexity index is 604. The van der Waals surface area contributed by atoms with Crippen molar-refractivity contribution < 1.29 is 14.4 Å². The van der Waals surface area contributed by atoms with E-state index in [4.69, 9.17) is 0 Å². The summed E-state index contributed by atoms with van der Waals surface area (Å²) in [5.74, 6) is -0.726. The molecule has 0 bridgehead atoms. The van der Waals surface area contributed by atoms with Gasteiger partial charge in [-0.15, -0.1) is 0 Å². The third-order valence-corrected chi connectivity index (χ3v) is 4.54. The van der Waals surface area contributed by atoms with Gasteiger partial charge in [-0.2, -0.15) is 0 Å². The molecule has 22 heavy (non-hydrogen) atoms. The third-order valence-electron chi connectivity index (χ3n) is 4.54. The van der Waals surface area contributed by atoms with Gasteiger partial charge in [0.1, 0.15) is 5.78 Å². The van der Waals surface area contributed by atoms with Gasteiger partial charge in [-0.3, -0.25) is 19.3 Å². The average Bonchev–Trinajstić information content (AvgIpc) is 2.75. The van der Waals surface area contributed by atoms with Crippen LogP contribution in [0.15, 0.2) is 24.3 Å². The summed E-state index contributed by atoms with van der Waals surface area (Å²) in [5.41, 5.74) is 0.878. The van der Waals surface area contributed by atoms with Crippen LogP contribution in [-0.4, -0.2) is 41.6 Å². The Morgan fingerprint density at radius 1 is 1.09 bits per heavy atom. The van der Waals surface area contributed by atoms with Crippen LogP contribution in [0.2, 0.25) is 0 Å². The number of rotatable bonds is 3. The molecule has 1 aromatic carbocycles. The lowest BCUT2D eigenvalue weighted by Gasteiger charge is -2.37. The number of carbonyl (C=O) groups is 3. The molecule has 5 nitrogen and oxygen atoms in total. The zero-order valence-electron chi connectivity index (χ0n) is 12.8. The fourth-order valence-electron chi connectivity index (χ4n) is 3.50. The van der Waals surface area contributed by atoms with Crippen molar-refractivity contribution in [3.63, 3.8) is 0 Å². The van der Waals surface area contributed by atoms with Crippen LogP contribution >= 0.6 is 0 Å². The molecule has 2 atom stereocenters. The van der Waals surface area contributed by atoms with Crippen molar-refractivity contribution in [1.82, 2.24) is 10.2 Å². The first-order valence-corrected chi connectivity index (χ1v) is 7.72. The van der Waals surface area contributed by atoms with Crippen LogP contribution in [0.4, 0.5) is 0 Å². The summed E-state index contributed by atoms with van der Waals surface area (Å²) in [4.78, 5) is 39.0. The van der Waals surface area contributed by atoms with E-state index in [9.17, 15) is 14.4 Å². The molecular weight excluding hydrogens is 280 g/mol. The average molecular weight is 300 g/mol. The van der Waals surface area contributed by atoms with Crippen LogP contribution in [0.5, 0.6) is 0 Å². The van der Waals surface area contributed by atoms with E-state index < -0.39 is 6.04 Å². The van der Waals surface area contributed by atoms with Gasteiger partial charge < -0.3 is 5.32 Å². The van der Waals surface area contributed by atoms with Crippen molar-refractivity contribution >= 4 is 17.6 Å². The number of ketones is 1. The Labute approximate surface area is 129 Å². The topological polar surface area (TPSA) is 66.5 Å². The number of nitrogens with zero attached hydrogens (tertiary/aromatic N) is 1. The number of nitrogens with one attached hydrogen (secondary N) is 1. The SMILES string of the molecule is CC(C)C(C1CNCCC1=O)N1C(=O)c2ccccc2C1=O. The molecule has 1 fully saturated rings. The van der Waals surface area contributed by atoms with Crippen LogP contribution in [0.3, 0.4) is 0 Å². The number of benzene rings is 1. The van der Waals surface area contributed by atoms with E-state index in [1.165, 1.54) is 4.90 Å². The molecule has 0 aliphatic carbocycles. The molecule has 0 radical (unpaired) electrons. The standard InChI is InChI=1S/C17H20N2O3/c1-10(2)15(13-9-18-8-7-14(13)20)19-16(21)11-5-3-4-6-12(11)17(19)22/h3-6,10,13,15,18H,7-9H2,1-2H3. The Balaban J connectivity index is 1.98. The first-order valence-electron chi connectivity index (χ1n) is 7.72. The van der Waals surface area contributed by atoms with Crippen LogP contribution in [0.25, 0.3) is 0 Å². The van der Waals surface area contributed by atoms with Gasteiger partial charge in [0, 0.05) is 19.5 Å². The molecule has 1 aromatic rings. The van der Waals surface area contributed by atoms with Crippen LogP contribution in [0, 0.1) is 11.8 Å². The van der Waals surface area contributed by atoms with E-state index in [1.807, 2.05) is 13.8 Å². The molecule has 116 valence electrons. The maximum absolute atomic E-state index is 12.7. The predicted octanol–water partition coefficient (Wildman–Crippen LogP) is 1.49. The normalized spacial score (nSPS) is 23.1. The van der Waals surface area contributed by atoms with E-state index in [0.717, 1.165) is 0 Å². The summed E-state index contributed by atoms with van der Waals surface area (Å²) in [7, 11) is 0. The zero-order valence-corrected chi connectivity index (χ0v) is 12.8. The monoisotopic (exact) mass is 300 g/mol. The number of hydrogen-bond acceptors (Lipinski definition) is 4. The number of fused-ring (bicyclic) bond motifs is 1. The van der Waals surface area contributed by atoms with Gasteiger partial charge in [-0.05, 0) is 18.1 Å². The molecule has 0 saturated carbocycles. The molecule has 2 aliphatic rings. The van der Waals surface area contributed by atoms with Crippen molar-refractivity contribution in [2.45, 2.75) is 26.3 Å². The molecule has 1 saturated heterocycles. The first kappa shape index (κ1) is 14.9. The first-order chi connectivity index (χ1) is 10.5. The highest BCUT2D eigenvalue weighted by atomic mass is 16.2. The summed E-state index contributed by atoms with van der Waals surface area (Å²) in [5, 5.41) is 3.20. The zero-order chi connectivity index (χ0) is 15.9. The molecule has 2 amide bonds. The second kappa shape index (κ2) is 5.65.